The molecule has 0 spiro atoms. The number of pyridine rings is 1. The van der Waals surface area contributed by atoms with Crippen LogP contribution in [0.3, 0.4) is 0 Å². The molecular formula is C27H31N5O3S. The molecule has 3 rings (SSSR count). The smallest absolute Gasteiger partial charge is 0.279 e. The van der Waals surface area contributed by atoms with E-state index in [0.717, 1.165) is 11.3 Å². The Morgan fingerprint density at radius 2 is 1.81 bits per heavy atom. The van der Waals surface area contributed by atoms with Crippen molar-refractivity contribution in [2.75, 3.05) is 23.4 Å². The number of carbonyl (C=O) groups is 2. The second-order valence-corrected chi connectivity index (χ2v) is 9.80. The molecule has 0 aliphatic carbocycles. The van der Waals surface area contributed by atoms with E-state index in [0.29, 0.717) is 28.1 Å². The maximum absolute atomic E-state index is 13.3. The summed E-state index contributed by atoms with van der Waals surface area (Å²) in [5, 5.41) is 2.95. The Bertz CT molecular complexity index is 1300. The van der Waals surface area contributed by atoms with Crippen molar-refractivity contribution in [1.29, 1.82) is 0 Å². The van der Waals surface area contributed by atoms with E-state index in [1.165, 1.54) is 24.2 Å². The molecule has 0 saturated heterocycles. The normalized spacial score (nSPS) is 11.7. The van der Waals surface area contributed by atoms with Crippen molar-refractivity contribution in [3.63, 3.8) is 0 Å². The molecule has 188 valence electrons. The lowest BCUT2D eigenvalue weighted by molar-refractivity contribution is 0.100. The van der Waals surface area contributed by atoms with E-state index in [2.05, 4.69) is 40.8 Å². The summed E-state index contributed by atoms with van der Waals surface area (Å²) >= 11 is 1.43. The Kier molecular flexibility index (Phi) is 8.37. The lowest BCUT2D eigenvalue weighted by Gasteiger charge is -2.24. The van der Waals surface area contributed by atoms with Gasteiger partial charge in [0.2, 0.25) is 0 Å². The topological polar surface area (TPSA) is 119 Å². The van der Waals surface area contributed by atoms with Gasteiger partial charge in [0.1, 0.15) is 5.84 Å². The summed E-state index contributed by atoms with van der Waals surface area (Å²) < 4.78 is 8.84. The largest absolute Gasteiger partial charge is 0.492 e. The molecule has 9 heteroatoms. The third-order valence-electron chi connectivity index (χ3n) is 5.53. The zero-order valence-corrected chi connectivity index (χ0v) is 22.1. The van der Waals surface area contributed by atoms with Crippen LogP contribution < -0.4 is 20.5 Å². The molecule has 0 unspecified atom stereocenters. The summed E-state index contributed by atoms with van der Waals surface area (Å²) in [7, 11) is 1.56. The average Bonchev–Trinajstić information content (AvgIpc) is 2.84. The highest BCUT2D eigenvalue weighted by molar-refractivity contribution is 7.99. The fourth-order valence-corrected chi connectivity index (χ4v) is 3.87. The van der Waals surface area contributed by atoms with Crippen molar-refractivity contribution >= 4 is 41.0 Å². The van der Waals surface area contributed by atoms with Crippen LogP contribution in [0.4, 0.5) is 11.4 Å². The zero-order valence-electron chi connectivity index (χ0n) is 21.3. The molecule has 0 aliphatic heterocycles. The molecule has 4 N–H and O–H groups in total. The van der Waals surface area contributed by atoms with Gasteiger partial charge >= 0.3 is 0 Å². The van der Waals surface area contributed by atoms with Gasteiger partial charge in [-0.25, -0.2) is 0 Å². The van der Waals surface area contributed by atoms with E-state index in [1.54, 1.807) is 44.5 Å². The predicted octanol–water partition coefficient (Wildman–Crippen LogP) is 5.18. The highest BCUT2D eigenvalue weighted by atomic mass is 32.2. The highest BCUT2D eigenvalue weighted by Gasteiger charge is 2.22. The van der Waals surface area contributed by atoms with Gasteiger partial charge in [-0.3, -0.25) is 14.6 Å². The fraction of sp³-hybridized carbons (Fsp3) is 0.259. The minimum atomic E-state index is -0.540. The number of hydrogen-bond acceptors (Lipinski definition) is 6. The van der Waals surface area contributed by atoms with Crippen molar-refractivity contribution in [2.24, 2.45) is 10.7 Å². The number of nitrogens with zero attached hydrogens (tertiary/aromatic N) is 2. The Balaban J connectivity index is 1.95. The van der Waals surface area contributed by atoms with Gasteiger partial charge in [-0.15, -0.1) is 0 Å². The van der Waals surface area contributed by atoms with Crippen LogP contribution in [0.2, 0.25) is 0 Å². The first kappa shape index (κ1) is 26.7. The van der Waals surface area contributed by atoms with Gasteiger partial charge in [-0.05, 0) is 59.9 Å². The maximum Gasteiger partial charge on any atom is 0.279 e. The van der Waals surface area contributed by atoms with Gasteiger partial charge in [0, 0.05) is 35.3 Å². The molecule has 1 heterocycles. The maximum atomic E-state index is 13.3. The number of nitrogens with two attached hydrogens (primary N) is 1. The molecule has 0 atom stereocenters. The molecule has 8 nitrogen and oxygen atoms in total. The molecule has 0 aliphatic rings. The van der Waals surface area contributed by atoms with Gasteiger partial charge in [-0.2, -0.15) is 4.99 Å². The number of amidine groups is 1. The van der Waals surface area contributed by atoms with E-state index < -0.39 is 5.91 Å². The Hall–Kier alpha value is -3.85. The molecule has 0 radical (unpaired) electrons. The third kappa shape index (κ3) is 6.23. The molecule has 3 aromatic rings. The number of amides is 2. The minimum absolute atomic E-state index is 0.0555. The number of nitrogens with one attached hydrogen (secondary N) is 2. The van der Waals surface area contributed by atoms with Crippen molar-refractivity contribution in [2.45, 2.75) is 33.1 Å². The number of benzene rings is 2. The Labute approximate surface area is 215 Å². The molecule has 36 heavy (non-hydrogen) atoms. The molecule has 0 fully saturated rings. The lowest BCUT2D eigenvalue weighted by Crippen LogP contribution is -2.18. The summed E-state index contributed by atoms with van der Waals surface area (Å²) in [5.74, 6) is -0.349. The SMILES string of the molecule is COc1c(NSC)cc(C(C)(C)C)cc1NC(=O)c1ccc(C)c(C(=O)N=C(N)c2cccnc2)c1. The second-order valence-electron chi connectivity index (χ2n) is 9.19. The van der Waals surface area contributed by atoms with Crippen LogP contribution >= 0.6 is 11.9 Å². The van der Waals surface area contributed by atoms with E-state index in [-0.39, 0.29) is 22.7 Å². The molecule has 1 aromatic heterocycles. The monoisotopic (exact) mass is 505 g/mol. The van der Waals surface area contributed by atoms with Gasteiger partial charge in [0.05, 0.1) is 18.5 Å². The molecule has 2 aromatic carbocycles. The van der Waals surface area contributed by atoms with E-state index in [4.69, 9.17) is 10.5 Å². The summed E-state index contributed by atoms with van der Waals surface area (Å²) in [4.78, 5) is 34.2. The van der Waals surface area contributed by atoms with Gasteiger partial charge in [0.15, 0.2) is 5.75 Å². The molecule has 0 saturated carbocycles. The van der Waals surface area contributed by atoms with Crippen molar-refractivity contribution in [3.05, 3.63) is 82.7 Å². The van der Waals surface area contributed by atoms with Crippen molar-refractivity contribution in [1.82, 2.24) is 4.98 Å². The van der Waals surface area contributed by atoms with Crippen LogP contribution in [-0.2, 0) is 5.41 Å². The molecule has 0 bridgehead atoms. The number of hydrogen-bond donors (Lipinski definition) is 3. The van der Waals surface area contributed by atoms with Crippen LogP contribution in [0.5, 0.6) is 5.75 Å². The summed E-state index contributed by atoms with van der Waals surface area (Å²) in [6.45, 7) is 8.07. The molecular weight excluding hydrogens is 474 g/mol. The first-order chi connectivity index (χ1) is 17.0. The van der Waals surface area contributed by atoms with Gasteiger partial charge < -0.3 is 20.5 Å². The second kappa shape index (κ2) is 11.3. The van der Waals surface area contributed by atoms with Gasteiger partial charge in [0.25, 0.3) is 11.8 Å². The van der Waals surface area contributed by atoms with Crippen LogP contribution in [0, 0.1) is 6.92 Å². The Morgan fingerprint density at radius 1 is 1.08 bits per heavy atom. The summed E-state index contributed by atoms with van der Waals surface area (Å²) in [6.07, 6.45) is 5.05. The predicted molar refractivity (Wildman–Crippen MR) is 147 cm³/mol. The first-order valence-corrected chi connectivity index (χ1v) is 12.5. The summed E-state index contributed by atoms with van der Waals surface area (Å²) in [5.41, 5.74) is 9.95. The highest BCUT2D eigenvalue weighted by Crippen LogP contribution is 2.39. The van der Waals surface area contributed by atoms with Gasteiger partial charge in [-0.1, -0.05) is 38.8 Å². The number of ether oxygens (including phenoxy) is 1. The quantitative estimate of drug-likeness (QED) is 0.230. The van der Waals surface area contributed by atoms with Crippen LogP contribution in [0.25, 0.3) is 0 Å². The fourth-order valence-electron chi connectivity index (χ4n) is 3.50. The Morgan fingerprint density at radius 3 is 2.42 bits per heavy atom. The minimum Gasteiger partial charge on any atom is -0.492 e. The lowest BCUT2D eigenvalue weighted by atomic mass is 9.86. The number of rotatable bonds is 7. The van der Waals surface area contributed by atoms with Crippen molar-refractivity contribution in [3.8, 4) is 5.75 Å². The average molecular weight is 506 g/mol. The first-order valence-electron chi connectivity index (χ1n) is 11.3. The number of anilines is 2. The number of methoxy groups -OCH3 is 1. The third-order valence-corrected chi connectivity index (χ3v) is 5.95. The van der Waals surface area contributed by atoms with E-state index >= 15 is 0 Å². The zero-order chi connectivity index (χ0) is 26.5. The molecule has 2 amide bonds. The number of aliphatic imine (C=N–C) groups is 1. The van der Waals surface area contributed by atoms with Crippen molar-refractivity contribution < 1.29 is 14.3 Å². The van der Waals surface area contributed by atoms with E-state index in [1.807, 2.05) is 18.4 Å². The standard InChI is InChI=1S/C27H31N5O3S/c1-16-9-10-17(12-20(16)26(34)31-24(28)18-8-7-11-29-15-18)25(33)30-21-13-19(27(2,3)4)14-22(32-36-6)23(21)35-5/h7-15,32H,1-6H3,(H,30,33)(H2,28,31,34). The number of carbonyl (C=O) groups excluding carboxylic acids is 2. The van der Waals surface area contributed by atoms with Crippen LogP contribution in [0.15, 0.2) is 59.9 Å². The van der Waals surface area contributed by atoms with Crippen LogP contribution in [-0.4, -0.2) is 36.0 Å². The number of aryl methyl sites for hydroxylation is 1. The number of aromatic nitrogens is 1. The van der Waals surface area contributed by atoms with E-state index in [9.17, 15) is 9.59 Å². The summed E-state index contributed by atoms with van der Waals surface area (Å²) in [6, 6.07) is 12.2. The van der Waals surface area contributed by atoms with Crippen LogP contribution in [0.1, 0.15) is 58.2 Å².